The van der Waals surface area contributed by atoms with Gasteiger partial charge in [0.2, 0.25) is 0 Å². The van der Waals surface area contributed by atoms with Crippen LogP contribution in [-0.4, -0.2) is 19.7 Å². The highest BCUT2D eigenvalue weighted by atomic mass is 16.6. The summed E-state index contributed by atoms with van der Waals surface area (Å²) >= 11 is 0. The van der Waals surface area contributed by atoms with Crippen molar-refractivity contribution < 1.29 is 4.92 Å². The molecule has 3 aromatic rings. The van der Waals surface area contributed by atoms with Crippen molar-refractivity contribution >= 4 is 11.5 Å². The van der Waals surface area contributed by atoms with E-state index in [4.69, 9.17) is 0 Å². The third-order valence-corrected chi connectivity index (χ3v) is 3.70. The fourth-order valence-corrected chi connectivity index (χ4v) is 2.46. The van der Waals surface area contributed by atoms with Crippen molar-refractivity contribution in [2.24, 2.45) is 7.05 Å². The van der Waals surface area contributed by atoms with Gasteiger partial charge in [-0.1, -0.05) is 18.2 Å². The van der Waals surface area contributed by atoms with Crippen molar-refractivity contribution in [2.45, 2.75) is 13.5 Å². The number of pyridine rings is 1. The first-order chi connectivity index (χ1) is 11.5. The predicted octanol–water partition coefficient (Wildman–Crippen LogP) is 3.31. The molecule has 7 nitrogen and oxygen atoms in total. The fourth-order valence-electron chi connectivity index (χ4n) is 2.46. The van der Waals surface area contributed by atoms with Gasteiger partial charge in [-0.25, -0.2) is 4.98 Å². The Bertz CT molecular complexity index is 888. The van der Waals surface area contributed by atoms with Gasteiger partial charge >= 0.3 is 0 Å². The molecule has 0 saturated heterocycles. The first kappa shape index (κ1) is 15.7. The number of aromatic nitrogens is 3. The van der Waals surface area contributed by atoms with Crippen LogP contribution in [0, 0.1) is 17.0 Å². The van der Waals surface area contributed by atoms with Gasteiger partial charge in [0, 0.05) is 31.4 Å². The molecule has 0 radical (unpaired) electrons. The van der Waals surface area contributed by atoms with E-state index in [0.29, 0.717) is 12.4 Å². The van der Waals surface area contributed by atoms with Gasteiger partial charge in [-0.3, -0.25) is 14.8 Å². The number of aryl methyl sites for hydroxylation is 2. The molecule has 3 rings (SSSR count). The summed E-state index contributed by atoms with van der Waals surface area (Å²) < 4.78 is 1.77. The van der Waals surface area contributed by atoms with Crippen LogP contribution < -0.4 is 5.32 Å². The first-order valence-electron chi connectivity index (χ1n) is 7.46. The highest BCUT2D eigenvalue weighted by molar-refractivity contribution is 5.62. The van der Waals surface area contributed by atoms with Crippen LogP contribution in [0.2, 0.25) is 0 Å². The van der Waals surface area contributed by atoms with Gasteiger partial charge in [-0.15, -0.1) is 0 Å². The Balaban J connectivity index is 1.74. The van der Waals surface area contributed by atoms with Crippen LogP contribution >= 0.6 is 0 Å². The van der Waals surface area contributed by atoms with E-state index in [1.165, 1.54) is 12.3 Å². The van der Waals surface area contributed by atoms with Crippen LogP contribution in [-0.2, 0) is 13.6 Å². The van der Waals surface area contributed by atoms with E-state index in [-0.39, 0.29) is 5.69 Å². The van der Waals surface area contributed by atoms with E-state index < -0.39 is 4.92 Å². The molecule has 0 aliphatic carbocycles. The van der Waals surface area contributed by atoms with E-state index in [1.54, 1.807) is 11.6 Å². The lowest BCUT2D eigenvalue weighted by molar-refractivity contribution is -0.385. The molecule has 2 heterocycles. The monoisotopic (exact) mass is 323 g/mol. The SMILES string of the molecule is Cc1cc([N+](=O)[O-])cnc1NCc1cccc(-c2cnn(C)c2)c1. The first-order valence-corrected chi connectivity index (χ1v) is 7.46. The van der Waals surface area contributed by atoms with Crippen molar-refractivity contribution in [1.29, 1.82) is 0 Å². The molecule has 0 atom stereocenters. The third kappa shape index (κ3) is 3.40. The molecule has 1 N–H and O–H groups in total. The molecule has 122 valence electrons. The minimum Gasteiger partial charge on any atom is -0.366 e. The molecule has 0 unspecified atom stereocenters. The van der Waals surface area contributed by atoms with Gasteiger partial charge in [0.15, 0.2) is 0 Å². The Labute approximate surface area is 139 Å². The molecular formula is C17H17N5O2. The summed E-state index contributed by atoms with van der Waals surface area (Å²) in [5.41, 5.74) is 3.99. The smallest absolute Gasteiger partial charge is 0.287 e. The predicted molar refractivity (Wildman–Crippen MR) is 91.6 cm³/mol. The second-order valence-corrected chi connectivity index (χ2v) is 5.57. The Morgan fingerprint density at radius 3 is 2.75 bits per heavy atom. The zero-order chi connectivity index (χ0) is 17.1. The fraction of sp³-hybridized carbons (Fsp3) is 0.176. The standard InChI is InChI=1S/C17H17N5O2/c1-12-6-16(22(23)24)10-19-17(12)18-8-13-4-3-5-14(7-13)15-9-20-21(2)11-15/h3-7,9-11H,8H2,1-2H3,(H,18,19). The summed E-state index contributed by atoms with van der Waals surface area (Å²) in [6.45, 7) is 2.38. The summed E-state index contributed by atoms with van der Waals surface area (Å²) in [6, 6.07) is 9.66. The van der Waals surface area contributed by atoms with E-state index in [2.05, 4.69) is 21.5 Å². The van der Waals surface area contributed by atoms with Crippen LogP contribution in [0.4, 0.5) is 11.5 Å². The van der Waals surface area contributed by atoms with Crippen LogP contribution in [0.1, 0.15) is 11.1 Å². The number of hydrogen-bond donors (Lipinski definition) is 1. The third-order valence-electron chi connectivity index (χ3n) is 3.70. The quantitative estimate of drug-likeness (QED) is 0.575. The van der Waals surface area contributed by atoms with Crippen LogP contribution in [0.3, 0.4) is 0 Å². The Morgan fingerprint density at radius 2 is 2.08 bits per heavy atom. The molecule has 0 aliphatic rings. The summed E-state index contributed by atoms with van der Waals surface area (Å²) in [7, 11) is 1.89. The van der Waals surface area contributed by atoms with Gasteiger partial charge in [-0.2, -0.15) is 5.10 Å². The molecular weight excluding hydrogens is 306 g/mol. The maximum atomic E-state index is 10.8. The Hall–Kier alpha value is -3.22. The molecule has 2 aromatic heterocycles. The molecule has 1 aromatic carbocycles. The topological polar surface area (TPSA) is 85.9 Å². The van der Waals surface area contributed by atoms with Crippen molar-refractivity contribution in [3.05, 3.63) is 70.2 Å². The average Bonchev–Trinajstić information content (AvgIpc) is 3.00. The second-order valence-electron chi connectivity index (χ2n) is 5.57. The minimum atomic E-state index is -0.443. The molecule has 24 heavy (non-hydrogen) atoms. The lowest BCUT2D eigenvalue weighted by Crippen LogP contribution is -2.04. The van der Waals surface area contributed by atoms with Crippen molar-refractivity contribution in [3.63, 3.8) is 0 Å². The highest BCUT2D eigenvalue weighted by Gasteiger charge is 2.09. The van der Waals surface area contributed by atoms with Gasteiger partial charge in [0.25, 0.3) is 5.69 Å². The van der Waals surface area contributed by atoms with Crippen LogP contribution in [0.25, 0.3) is 11.1 Å². The number of nitrogens with one attached hydrogen (secondary N) is 1. The maximum Gasteiger partial charge on any atom is 0.287 e. The number of nitrogens with zero attached hydrogens (tertiary/aromatic N) is 4. The maximum absolute atomic E-state index is 10.8. The number of anilines is 1. The molecule has 0 aliphatic heterocycles. The summed E-state index contributed by atoms with van der Waals surface area (Å²) in [6.07, 6.45) is 5.06. The van der Waals surface area contributed by atoms with Gasteiger partial charge < -0.3 is 5.32 Å². The van der Waals surface area contributed by atoms with Gasteiger partial charge in [0.1, 0.15) is 12.0 Å². The van der Waals surface area contributed by atoms with Crippen LogP contribution in [0.15, 0.2) is 48.9 Å². The lowest BCUT2D eigenvalue weighted by atomic mass is 10.1. The highest BCUT2D eigenvalue weighted by Crippen LogP contribution is 2.21. The van der Waals surface area contributed by atoms with E-state index >= 15 is 0 Å². The second kappa shape index (κ2) is 6.49. The molecule has 0 spiro atoms. The molecule has 0 bridgehead atoms. The van der Waals surface area contributed by atoms with Crippen molar-refractivity contribution in [3.8, 4) is 11.1 Å². The van der Waals surface area contributed by atoms with Crippen molar-refractivity contribution in [2.75, 3.05) is 5.32 Å². The van der Waals surface area contributed by atoms with E-state index in [1.807, 2.05) is 37.6 Å². The summed E-state index contributed by atoms with van der Waals surface area (Å²) in [5, 5.41) is 18.2. The number of rotatable bonds is 5. The summed E-state index contributed by atoms with van der Waals surface area (Å²) in [4.78, 5) is 14.4. The molecule has 0 fully saturated rings. The van der Waals surface area contributed by atoms with Gasteiger partial charge in [0.05, 0.1) is 11.1 Å². The number of hydrogen-bond acceptors (Lipinski definition) is 5. The minimum absolute atomic E-state index is 0.00313. The zero-order valence-electron chi connectivity index (χ0n) is 13.4. The lowest BCUT2D eigenvalue weighted by Gasteiger charge is -2.09. The van der Waals surface area contributed by atoms with E-state index in [9.17, 15) is 10.1 Å². The average molecular weight is 323 g/mol. The Morgan fingerprint density at radius 1 is 1.25 bits per heavy atom. The zero-order valence-corrected chi connectivity index (χ0v) is 13.4. The van der Waals surface area contributed by atoms with Gasteiger partial charge in [-0.05, 0) is 29.7 Å². The normalized spacial score (nSPS) is 10.6. The summed E-state index contributed by atoms with van der Waals surface area (Å²) in [5.74, 6) is 0.646. The van der Waals surface area contributed by atoms with E-state index in [0.717, 1.165) is 22.3 Å². The molecule has 7 heteroatoms. The number of benzene rings is 1. The van der Waals surface area contributed by atoms with Crippen molar-refractivity contribution in [1.82, 2.24) is 14.8 Å². The number of nitro groups is 1. The largest absolute Gasteiger partial charge is 0.366 e. The Kier molecular flexibility index (Phi) is 4.24. The molecule has 0 saturated carbocycles. The molecule has 0 amide bonds. The van der Waals surface area contributed by atoms with Crippen LogP contribution in [0.5, 0.6) is 0 Å².